The van der Waals surface area contributed by atoms with E-state index < -0.39 is 60.4 Å². The number of non-ortho nitro benzene ring substituents is 1. The van der Waals surface area contributed by atoms with Gasteiger partial charge >= 0.3 is 5.97 Å². The first-order valence-electron chi connectivity index (χ1n) is 33.8. The number of hydrogen-bond acceptors (Lipinski definition) is 24. The summed E-state index contributed by atoms with van der Waals surface area (Å²) in [4.78, 5) is 67.0. The van der Waals surface area contributed by atoms with E-state index >= 15 is 0 Å². The Kier molecular flexibility index (Phi) is 27.6. The van der Waals surface area contributed by atoms with Crippen molar-refractivity contribution in [3.63, 3.8) is 0 Å². The van der Waals surface area contributed by atoms with Crippen LogP contribution in [-0.2, 0) is 41.6 Å². The highest BCUT2D eigenvalue weighted by Crippen LogP contribution is 2.43. The summed E-state index contributed by atoms with van der Waals surface area (Å²) in [5.74, 6) is -0.963. The van der Waals surface area contributed by atoms with Gasteiger partial charge in [0, 0.05) is 111 Å². The lowest BCUT2D eigenvalue weighted by Gasteiger charge is -2.40. The number of carboxylic acid groups (broad SMARTS) is 1. The monoisotopic (exact) mass is 1420 g/mol. The van der Waals surface area contributed by atoms with Crippen LogP contribution in [0.1, 0.15) is 89.8 Å². The van der Waals surface area contributed by atoms with E-state index in [1.54, 1.807) is 35.1 Å². The minimum absolute atomic E-state index is 0.0310. The van der Waals surface area contributed by atoms with Crippen molar-refractivity contribution in [2.45, 2.75) is 115 Å². The number of hydrogen-bond donors (Lipinski definition) is 7. The molecule has 3 aliphatic rings. The lowest BCUT2D eigenvalue weighted by Crippen LogP contribution is -2.59. The van der Waals surface area contributed by atoms with Crippen molar-refractivity contribution in [3.05, 3.63) is 159 Å². The number of azo groups is 2. The van der Waals surface area contributed by atoms with Gasteiger partial charge in [0.2, 0.25) is 11.3 Å². The normalized spacial score (nSPS) is 16.3. The lowest BCUT2D eigenvalue weighted by atomic mass is 9.89. The van der Waals surface area contributed by atoms with Crippen LogP contribution in [0.2, 0.25) is 0 Å². The van der Waals surface area contributed by atoms with E-state index in [2.05, 4.69) is 41.4 Å². The summed E-state index contributed by atoms with van der Waals surface area (Å²) in [5.41, 5.74) is 7.78. The number of aromatic carboxylic acids is 1. The second-order valence-electron chi connectivity index (χ2n) is 25.2. The number of carbonyl (C=O) groups is 4. The molecule has 30 heteroatoms. The summed E-state index contributed by atoms with van der Waals surface area (Å²) in [5, 5.41) is 95.8. The molecular formula is C73H88N13O17+. The topological polar surface area (TPSA) is 386 Å². The Bertz CT molecular complexity index is 4330. The molecule has 0 radical (unpaired) electrons. The molecule has 0 spiro atoms. The van der Waals surface area contributed by atoms with Crippen LogP contribution in [0.15, 0.2) is 146 Å². The first kappa shape index (κ1) is 76.9. The summed E-state index contributed by atoms with van der Waals surface area (Å²) in [6.45, 7) is 2.79. The number of ether oxygens (including phenoxy) is 5. The summed E-state index contributed by atoms with van der Waals surface area (Å²) in [7, 11) is 11.1. The molecule has 2 amide bonds. The molecule has 1 aliphatic carbocycles. The molecule has 2 aliphatic heterocycles. The number of aliphatic hydroxyl groups excluding tert-OH is 4. The number of benzene rings is 6. The second-order valence-corrected chi connectivity index (χ2v) is 25.2. The number of carbonyl (C=O) groups excluding carboxylic acids is 3. The van der Waals surface area contributed by atoms with E-state index in [4.69, 9.17) is 28.1 Å². The number of ketones is 1. The fourth-order valence-electron chi connectivity index (χ4n) is 11.4. The summed E-state index contributed by atoms with van der Waals surface area (Å²) < 4.78 is 38.6. The number of amides is 2. The van der Waals surface area contributed by atoms with Gasteiger partial charge in [0.15, 0.2) is 12.6 Å². The molecule has 0 saturated carbocycles. The van der Waals surface area contributed by atoms with Crippen molar-refractivity contribution < 1.29 is 77.7 Å². The van der Waals surface area contributed by atoms with Crippen LogP contribution in [0.4, 0.5) is 39.8 Å². The molecule has 5 aromatic carbocycles. The van der Waals surface area contributed by atoms with Gasteiger partial charge in [-0.2, -0.15) is 15.3 Å². The zero-order chi connectivity index (χ0) is 73.7. The third-order valence-corrected chi connectivity index (χ3v) is 17.3. The molecule has 9 rings (SSSR count). The Labute approximate surface area is 594 Å². The van der Waals surface area contributed by atoms with E-state index in [0.29, 0.717) is 102 Å². The molecule has 1 fully saturated rings. The van der Waals surface area contributed by atoms with Crippen molar-refractivity contribution in [2.24, 2.45) is 20.5 Å². The zero-order valence-corrected chi connectivity index (χ0v) is 58.6. The number of fused-ring (bicyclic) bond motifs is 2. The van der Waals surface area contributed by atoms with Crippen LogP contribution >= 0.6 is 0 Å². The van der Waals surface area contributed by atoms with Crippen LogP contribution in [0.3, 0.4) is 0 Å². The molecule has 1 aromatic heterocycles. The number of anilines is 2. The van der Waals surface area contributed by atoms with E-state index in [0.717, 1.165) is 46.1 Å². The number of methoxy groups -OCH3 is 1. The first-order valence-corrected chi connectivity index (χ1v) is 33.8. The molecule has 546 valence electrons. The van der Waals surface area contributed by atoms with Gasteiger partial charge in [0.1, 0.15) is 72.8 Å². The average Bonchev–Trinajstić information content (AvgIpc) is 0.915. The Balaban J connectivity index is 0.663. The summed E-state index contributed by atoms with van der Waals surface area (Å²) in [6, 6.07) is 33.0. The number of nitro benzene ring substituents is 1. The van der Waals surface area contributed by atoms with Gasteiger partial charge in [-0.15, -0.1) is 10.2 Å². The number of aryl methyl sites for hydroxylation is 1. The maximum atomic E-state index is 13.5. The number of Topliss-reactive ketones (excluding diaryl/α,β-unsaturated/α-hetero) is 1. The maximum Gasteiger partial charge on any atom is 0.336 e. The van der Waals surface area contributed by atoms with Crippen molar-refractivity contribution in [1.82, 2.24) is 30.2 Å². The molecule has 1 saturated heterocycles. The van der Waals surface area contributed by atoms with Crippen molar-refractivity contribution in [1.29, 1.82) is 0 Å². The minimum atomic E-state index is -1.73. The summed E-state index contributed by atoms with van der Waals surface area (Å²) >= 11 is 0. The lowest BCUT2D eigenvalue weighted by molar-refractivity contribution is -0.384. The number of nitro groups is 1. The van der Waals surface area contributed by atoms with Crippen LogP contribution in [0.5, 0.6) is 5.75 Å². The standard InChI is InChI=1S/C73H87N13O17/c1-45-36-60(80-77-48-19-23-51(24-20-48)86(96)97)63(98-7)41-59(45)79-76-47-17-21-50(22-18-47)84(6)31-13-15-65(89)75-42-49-43-85(81-78-49)32-33-99-34-35-100-66(103-73-70(92)69(91)68(90)64(44-87)102-73)40-54(88)14-11-9-8-10-12-30-74-71(93)46-16-27-55(58(37-46)72(94)95)67-56-28-25-52(82(2)3)38-61(56)101-62-39-53(83(4)5)26-29-57(62)67/h16-29,36-39,41,43,64,66,68-70,73,87,90-92H,8-15,30-35,40,42,44H2,1-7H3,(H2-,74,75,89,93,94,95)/p+1/t64-,66?,68-,69+,70-,73-/m1/s1. The van der Waals surface area contributed by atoms with Crippen LogP contribution < -0.4 is 35.1 Å². The number of nitrogens with zero attached hydrogens (tertiary/aromatic N) is 11. The molecule has 7 N–H and O–H groups in total. The van der Waals surface area contributed by atoms with E-state index in [9.17, 15) is 54.8 Å². The third kappa shape index (κ3) is 21.2. The van der Waals surface area contributed by atoms with Gasteiger partial charge in [0.25, 0.3) is 11.6 Å². The number of aliphatic hydroxyl groups is 4. The molecule has 30 nitrogen and oxygen atoms in total. The predicted octanol–water partition coefficient (Wildman–Crippen LogP) is 9.09. The number of nitrogens with one attached hydrogen (secondary N) is 2. The molecule has 6 aromatic rings. The van der Waals surface area contributed by atoms with Gasteiger partial charge < -0.3 is 74.1 Å². The Morgan fingerprint density at radius 3 is 2.17 bits per heavy atom. The summed E-state index contributed by atoms with van der Waals surface area (Å²) in [6.07, 6.45) is -3.28. The van der Waals surface area contributed by atoms with Crippen molar-refractivity contribution >= 4 is 74.3 Å². The van der Waals surface area contributed by atoms with E-state index in [-0.39, 0.29) is 74.1 Å². The SMILES string of the molecule is COc1cc(N=Nc2ccc(N(C)CCCC(=O)NCc3cn(CCOCCOC(CC(=O)CCCCCCCNC(=O)c4ccc(-c5c6ccc(=[N+](C)C)cc-6oc6cc(N(C)C)ccc56)c(C(=O)O)c4)O[C@H]4O[C@H](CO)[C@@H](O)[C@H](O)[C@H]4O)nn3)cc2)c(C)cc1N=Nc1ccc([N+](=O)[O-])cc1. The highest BCUT2D eigenvalue weighted by Gasteiger charge is 2.45. The largest absolute Gasteiger partial charge is 0.494 e. The average molecular weight is 1420 g/mol. The molecular weight excluding hydrogens is 1330 g/mol. The number of unbranched alkanes of at least 4 members (excludes halogenated alkanes) is 4. The van der Waals surface area contributed by atoms with Gasteiger partial charge in [-0.25, -0.2) is 14.1 Å². The Hall–Kier alpha value is -10.3. The number of aromatic nitrogens is 3. The Morgan fingerprint density at radius 2 is 1.47 bits per heavy atom. The van der Waals surface area contributed by atoms with Crippen LogP contribution in [-0.4, -0.2) is 188 Å². The first-order chi connectivity index (χ1) is 49.6. The predicted molar refractivity (Wildman–Crippen MR) is 382 cm³/mol. The minimum Gasteiger partial charge on any atom is -0.494 e. The quantitative estimate of drug-likeness (QED) is 0.00363. The highest BCUT2D eigenvalue weighted by atomic mass is 16.8. The van der Waals surface area contributed by atoms with Crippen LogP contribution in [0.25, 0.3) is 33.4 Å². The highest BCUT2D eigenvalue weighted by molar-refractivity contribution is 6.09. The van der Waals surface area contributed by atoms with Gasteiger partial charge in [-0.1, -0.05) is 30.5 Å². The molecule has 1 unspecified atom stereocenters. The Morgan fingerprint density at radius 1 is 0.757 bits per heavy atom. The van der Waals surface area contributed by atoms with Crippen molar-refractivity contribution in [2.75, 3.05) is 91.7 Å². The molecule has 0 bridgehead atoms. The number of carboxylic acids is 1. The third-order valence-electron chi connectivity index (χ3n) is 17.3. The zero-order valence-electron chi connectivity index (χ0n) is 58.6. The molecule has 3 heterocycles. The van der Waals surface area contributed by atoms with E-state index in [1.807, 2.05) is 117 Å². The molecule has 6 atom stereocenters. The van der Waals surface area contributed by atoms with Crippen molar-refractivity contribution in [3.8, 4) is 28.2 Å². The smallest absolute Gasteiger partial charge is 0.336 e. The van der Waals surface area contributed by atoms with Crippen LogP contribution in [0, 0.1) is 17.0 Å². The molecule has 103 heavy (non-hydrogen) atoms. The maximum absolute atomic E-state index is 13.5. The van der Waals surface area contributed by atoms with E-state index in [1.165, 1.54) is 37.4 Å². The van der Waals surface area contributed by atoms with Gasteiger partial charge in [0.05, 0.1) is 92.9 Å². The fourth-order valence-corrected chi connectivity index (χ4v) is 11.4. The van der Waals surface area contributed by atoms with Gasteiger partial charge in [-0.3, -0.25) is 24.5 Å². The van der Waals surface area contributed by atoms with Gasteiger partial charge in [-0.05, 0) is 110 Å². The second kappa shape index (κ2) is 37.0. The number of rotatable bonds is 37. The fraction of sp³-hybridized carbons (Fsp3) is 0.411.